The molecule has 0 saturated heterocycles. The standard InChI is InChI=1S/C16H22N4O3/c1-10-6-7-12(8-13(10)20(21)22)9-17-11(2)14-18-15(19-23-14)16(3,4)5/h6-8,11,17H,9H2,1-5H3. The van der Waals surface area contributed by atoms with Gasteiger partial charge in [-0.3, -0.25) is 10.1 Å². The summed E-state index contributed by atoms with van der Waals surface area (Å²) < 4.78 is 5.29. The third kappa shape index (κ3) is 4.13. The minimum absolute atomic E-state index is 0.129. The van der Waals surface area contributed by atoms with E-state index in [4.69, 9.17) is 4.52 Å². The van der Waals surface area contributed by atoms with Gasteiger partial charge >= 0.3 is 0 Å². The summed E-state index contributed by atoms with van der Waals surface area (Å²) in [6.45, 7) is 10.2. The Bertz CT molecular complexity index is 704. The van der Waals surface area contributed by atoms with E-state index in [2.05, 4.69) is 15.5 Å². The molecule has 1 N–H and O–H groups in total. The molecule has 1 aromatic carbocycles. The Balaban J connectivity index is 2.04. The van der Waals surface area contributed by atoms with Crippen molar-refractivity contribution in [1.82, 2.24) is 15.5 Å². The fourth-order valence-corrected chi connectivity index (χ4v) is 2.04. The molecule has 0 aliphatic heterocycles. The number of nitrogens with zero attached hydrogens (tertiary/aromatic N) is 3. The van der Waals surface area contributed by atoms with Gasteiger partial charge < -0.3 is 9.84 Å². The monoisotopic (exact) mass is 318 g/mol. The van der Waals surface area contributed by atoms with Crippen LogP contribution >= 0.6 is 0 Å². The van der Waals surface area contributed by atoms with Gasteiger partial charge in [0.2, 0.25) is 5.89 Å². The second-order valence-electron chi connectivity index (χ2n) is 6.69. The average molecular weight is 318 g/mol. The molecule has 2 aromatic rings. The number of hydrogen-bond donors (Lipinski definition) is 1. The van der Waals surface area contributed by atoms with Crippen LogP contribution in [0.15, 0.2) is 22.7 Å². The van der Waals surface area contributed by atoms with E-state index in [1.807, 2.05) is 33.8 Å². The molecule has 0 bridgehead atoms. The molecule has 1 unspecified atom stereocenters. The van der Waals surface area contributed by atoms with Gasteiger partial charge in [0.05, 0.1) is 11.0 Å². The molecule has 7 heteroatoms. The number of rotatable bonds is 5. The molecule has 0 saturated carbocycles. The summed E-state index contributed by atoms with van der Waals surface area (Å²) in [6.07, 6.45) is 0. The molecule has 0 radical (unpaired) electrons. The lowest BCUT2D eigenvalue weighted by Crippen LogP contribution is -2.19. The van der Waals surface area contributed by atoms with Crippen LogP contribution in [0.3, 0.4) is 0 Å². The highest BCUT2D eigenvalue weighted by Crippen LogP contribution is 2.22. The van der Waals surface area contributed by atoms with Crippen LogP contribution < -0.4 is 5.32 Å². The smallest absolute Gasteiger partial charge is 0.272 e. The molecule has 2 rings (SSSR count). The van der Waals surface area contributed by atoms with Crippen molar-refractivity contribution >= 4 is 5.69 Å². The Morgan fingerprint density at radius 2 is 2.09 bits per heavy atom. The van der Waals surface area contributed by atoms with E-state index < -0.39 is 0 Å². The summed E-state index contributed by atoms with van der Waals surface area (Å²) in [5.41, 5.74) is 1.45. The van der Waals surface area contributed by atoms with Gasteiger partial charge in [-0.15, -0.1) is 0 Å². The van der Waals surface area contributed by atoms with Crippen molar-refractivity contribution in [2.45, 2.75) is 52.6 Å². The normalized spacial score (nSPS) is 13.1. The molecule has 23 heavy (non-hydrogen) atoms. The van der Waals surface area contributed by atoms with Crippen molar-refractivity contribution in [3.8, 4) is 0 Å². The third-order valence-electron chi connectivity index (χ3n) is 3.57. The highest BCUT2D eigenvalue weighted by Gasteiger charge is 2.23. The molecule has 0 aliphatic carbocycles. The van der Waals surface area contributed by atoms with Gasteiger partial charge in [-0.25, -0.2) is 0 Å². The number of nitro groups is 1. The van der Waals surface area contributed by atoms with Crippen molar-refractivity contribution in [3.05, 3.63) is 51.2 Å². The van der Waals surface area contributed by atoms with Crippen LogP contribution in [0.25, 0.3) is 0 Å². The maximum absolute atomic E-state index is 11.0. The SMILES string of the molecule is Cc1ccc(CNC(C)c2nc(C(C)(C)C)no2)cc1[N+](=O)[O-]. The summed E-state index contributed by atoms with van der Waals surface area (Å²) in [5, 5.41) is 18.2. The zero-order chi connectivity index (χ0) is 17.2. The predicted molar refractivity (Wildman–Crippen MR) is 86.1 cm³/mol. The van der Waals surface area contributed by atoms with Crippen LogP contribution in [0.5, 0.6) is 0 Å². The van der Waals surface area contributed by atoms with Crippen molar-refractivity contribution in [2.24, 2.45) is 0 Å². The molecule has 0 spiro atoms. The molecular formula is C16H22N4O3. The van der Waals surface area contributed by atoms with Gasteiger partial charge in [0, 0.05) is 23.6 Å². The Labute approximate surface area is 135 Å². The first-order chi connectivity index (χ1) is 10.7. The van der Waals surface area contributed by atoms with E-state index >= 15 is 0 Å². The van der Waals surface area contributed by atoms with Gasteiger partial charge in [-0.2, -0.15) is 4.98 Å². The van der Waals surface area contributed by atoms with Crippen LogP contribution in [-0.2, 0) is 12.0 Å². The van der Waals surface area contributed by atoms with Gasteiger partial charge in [-0.1, -0.05) is 38.1 Å². The molecule has 0 amide bonds. The molecular weight excluding hydrogens is 296 g/mol. The van der Waals surface area contributed by atoms with Crippen molar-refractivity contribution in [2.75, 3.05) is 0 Å². The fourth-order valence-electron chi connectivity index (χ4n) is 2.04. The molecule has 124 valence electrons. The number of nitrogens with one attached hydrogen (secondary N) is 1. The van der Waals surface area contributed by atoms with Gasteiger partial charge in [0.25, 0.3) is 5.69 Å². The second-order valence-corrected chi connectivity index (χ2v) is 6.69. The highest BCUT2D eigenvalue weighted by molar-refractivity contribution is 5.42. The van der Waals surface area contributed by atoms with Gasteiger partial charge in [0.15, 0.2) is 5.82 Å². The lowest BCUT2D eigenvalue weighted by atomic mass is 9.96. The Morgan fingerprint density at radius 1 is 1.39 bits per heavy atom. The Hall–Kier alpha value is -2.28. The summed E-state index contributed by atoms with van der Waals surface area (Å²) in [7, 11) is 0. The van der Waals surface area contributed by atoms with Crippen molar-refractivity contribution in [3.63, 3.8) is 0 Å². The van der Waals surface area contributed by atoms with Gasteiger partial charge in [-0.05, 0) is 19.4 Å². The van der Waals surface area contributed by atoms with Gasteiger partial charge in [0.1, 0.15) is 0 Å². The van der Waals surface area contributed by atoms with E-state index in [0.29, 0.717) is 23.8 Å². The molecule has 1 atom stereocenters. The lowest BCUT2D eigenvalue weighted by molar-refractivity contribution is -0.385. The number of aromatic nitrogens is 2. The van der Waals surface area contributed by atoms with Crippen molar-refractivity contribution < 1.29 is 9.45 Å². The molecule has 1 heterocycles. The lowest BCUT2D eigenvalue weighted by Gasteiger charge is -2.12. The maximum atomic E-state index is 11.0. The predicted octanol–water partition coefficient (Wildman–Crippen LogP) is 3.43. The molecule has 0 fully saturated rings. The third-order valence-corrected chi connectivity index (χ3v) is 3.57. The van der Waals surface area contributed by atoms with Crippen LogP contribution in [-0.4, -0.2) is 15.1 Å². The fraction of sp³-hybridized carbons (Fsp3) is 0.500. The van der Waals surface area contributed by atoms with E-state index in [9.17, 15) is 10.1 Å². The molecule has 7 nitrogen and oxygen atoms in total. The number of hydrogen-bond acceptors (Lipinski definition) is 6. The zero-order valence-electron chi connectivity index (χ0n) is 14.1. The number of nitro benzene ring substituents is 1. The first kappa shape index (κ1) is 17.1. The van der Waals surface area contributed by atoms with Crippen LogP contribution in [0.4, 0.5) is 5.69 Å². The summed E-state index contributed by atoms with van der Waals surface area (Å²) in [6, 6.07) is 5.07. The quantitative estimate of drug-likeness (QED) is 0.670. The van der Waals surface area contributed by atoms with Crippen molar-refractivity contribution in [1.29, 1.82) is 0 Å². The van der Waals surface area contributed by atoms with E-state index in [-0.39, 0.29) is 22.1 Å². The first-order valence-corrected chi connectivity index (χ1v) is 7.50. The number of aryl methyl sites for hydroxylation is 1. The topological polar surface area (TPSA) is 94.1 Å². The molecule has 1 aromatic heterocycles. The number of benzene rings is 1. The summed E-state index contributed by atoms with van der Waals surface area (Å²) in [4.78, 5) is 15.0. The zero-order valence-corrected chi connectivity index (χ0v) is 14.1. The summed E-state index contributed by atoms with van der Waals surface area (Å²) >= 11 is 0. The maximum Gasteiger partial charge on any atom is 0.272 e. The Kier molecular flexibility index (Phi) is 4.79. The van der Waals surface area contributed by atoms with Crippen LogP contribution in [0, 0.1) is 17.0 Å². The highest BCUT2D eigenvalue weighted by atomic mass is 16.6. The largest absolute Gasteiger partial charge is 0.338 e. The van der Waals surface area contributed by atoms with Crippen LogP contribution in [0.1, 0.15) is 56.6 Å². The first-order valence-electron chi connectivity index (χ1n) is 7.50. The molecule has 0 aliphatic rings. The van der Waals surface area contributed by atoms with E-state index in [0.717, 1.165) is 5.56 Å². The minimum atomic E-state index is -0.365. The minimum Gasteiger partial charge on any atom is -0.338 e. The van der Waals surface area contributed by atoms with Crippen LogP contribution in [0.2, 0.25) is 0 Å². The Morgan fingerprint density at radius 3 is 2.65 bits per heavy atom. The average Bonchev–Trinajstić information content (AvgIpc) is 2.95. The van der Waals surface area contributed by atoms with E-state index in [1.165, 1.54) is 0 Å². The second kappa shape index (κ2) is 6.45. The van der Waals surface area contributed by atoms with E-state index in [1.54, 1.807) is 19.1 Å². The summed E-state index contributed by atoms with van der Waals surface area (Å²) in [5.74, 6) is 1.17.